The minimum absolute atomic E-state index is 0.0120. The van der Waals surface area contributed by atoms with Crippen molar-refractivity contribution in [3.8, 4) is 0 Å². The van der Waals surface area contributed by atoms with Gasteiger partial charge in [0.1, 0.15) is 6.17 Å². The zero-order chi connectivity index (χ0) is 18.7. The lowest BCUT2D eigenvalue weighted by atomic mass is 9.64. The lowest BCUT2D eigenvalue weighted by molar-refractivity contribution is -0.129. The third-order valence-corrected chi connectivity index (χ3v) is 7.62. The molecule has 1 amide bonds. The van der Waals surface area contributed by atoms with Crippen molar-refractivity contribution in [3.63, 3.8) is 0 Å². The molecule has 0 bridgehead atoms. The van der Waals surface area contributed by atoms with Crippen LogP contribution in [0.15, 0.2) is 24.3 Å². The number of alkyl halides is 1. The zero-order valence-corrected chi connectivity index (χ0v) is 16.1. The standard InChI is InChI=1S/C22H30FN3O/c1-11(2)12-3-5-13(6-4-12)14-7-17-21-19(8-14)25-26-22(27)16-9-15(23)10-18(24-17)20(16)21/h3-6,11,14-21,24-25H,7-10H2,1-2H3,(H,26,27). The first kappa shape index (κ1) is 17.6. The lowest BCUT2D eigenvalue weighted by Crippen LogP contribution is -2.52. The van der Waals surface area contributed by atoms with Gasteiger partial charge in [-0.1, -0.05) is 38.1 Å². The van der Waals surface area contributed by atoms with E-state index in [9.17, 15) is 9.18 Å². The van der Waals surface area contributed by atoms with Gasteiger partial charge in [-0.05, 0) is 60.5 Å². The molecule has 5 heteroatoms. The molecule has 4 fully saturated rings. The quantitative estimate of drug-likeness (QED) is 0.749. The minimum atomic E-state index is -0.870. The molecule has 0 aromatic heterocycles. The van der Waals surface area contributed by atoms with Gasteiger partial charge in [0, 0.05) is 24.0 Å². The molecule has 0 spiro atoms. The first-order chi connectivity index (χ1) is 13.0. The fraction of sp³-hybridized carbons (Fsp3) is 0.682. The predicted octanol–water partition coefficient (Wildman–Crippen LogP) is 3.01. The number of amides is 1. The Kier molecular flexibility index (Phi) is 4.28. The second-order valence-electron chi connectivity index (χ2n) is 9.44. The number of hydrazine groups is 1. The highest BCUT2D eigenvalue weighted by atomic mass is 19.1. The van der Waals surface area contributed by atoms with E-state index in [4.69, 9.17) is 0 Å². The maximum absolute atomic E-state index is 14.3. The van der Waals surface area contributed by atoms with E-state index in [-0.39, 0.29) is 29.8 Å². The van der Waals surface area contributed by atoms with Crippen LogP contribution in [0, 0.1) is 17.8 Å². The Balaban J connectivity index is 1.42. The van der Waals surface area contributed by atoms with Gasteiger partial charge in [-0.25, -0.2) is 9.82 Å². The van der Waals surface area contributed by atoms with Gasteiger partial charge in [0.05, 0.1) is 0 Å². The molecule has 27 heavy (non-hydrogen) atoms. The smallest absolute Gasteiger partial charge is 0.237 e. The number of rotatable bonds is 2. The van der Waals surface area contributed by atoms with Crippen LogP contribution in [-0.4, -0.2) is 30.2 Å². The summed E-state index contributed by atoms with van der Waals surface area (Å²) < 4.78 is 14.3. The molecule has 8 unspecified atom stereocenters. The van der Waals surface area contributed by atoms with E-state index in [0.29, 0.717) is 36.6 Å². The van der Waals surface area contributed by atoms with E-state index in [0.717, 1.165) is 12.8 Å². The SMILES string of the molecule is CC(C)c1ccc(C2CC3NNC(=O)C4CC(F)CC5NC(C2)C3C54)cc1. The summed E-state index contributed by atoms with van der Waals surface area (Å²) in [5, 5.41) is 3.74. The van der Waals surface area contributed by atoms with Crippen molar-refractivity contribution in [1.29, 1.82) is 0 Å². The topological polar surface area (TPSA) is 53.2 Å². The van der Waals surface area contributed by atoms with Crippen molar-refractivity contribution < 1.29 is 9.18 Å². The molecule has 4 nitrogen and oxygen atoms in total. The summed E-state index contributed by atoms with van der Waals surface area (Å²) in [5.74, 6) is 1.48. The third-order valence-electron chi connectivity index (χ3n) is 7.62. The van der Waals surface area contributed by atoms with Gasteiger partial charge in [0.2, 0.25) is 5.91 Å². The van der Waals surface area contributed by atoms with Crippen molar-refractivity contribution in [2.75, 3.05) is 0 Å². The Morgan fingerprint density at radius 1 is 0.963 bits per heavy atom. The van der Waals surface area contributed by atoms with E-state index < -0.39 is 6.17 Å². The molecular weight excluding hydrogens is 341 g/mol. The van der Waals surface area contributed by atoms with Gasteiger partial charge >= 0.3 is 0 Å². The molecule has 2 saturated heterocycles. The third kappa shape index (κ3) is 2.90. The number of hydrogen-bond donors (Lipinski definition) is 3. The number of carbonyl (C=O) groups is 1. The number of benzene rings is 1. The maximum atomic E-state index is 14.3. The summed E-state index contributed by atoms with van der Waals surface area (Å²) >= 11 is 0. The van der Waals surface area contributed by atoms with Crippen molar-refractivity contribution in [3.05, 3.63) is 35.4 Å². The van der Waals surface area contributed by atoms with Crippen molar-refractivity contribution >= 4 is 5.91 Å². The zero-order valence-electron chi connectivity index (χ0n) is 16.1. The molecule has 0 radical (unpaired) electrons. The van der Waals surface area contributed by atoms with E-state index in [1.54, 1.807) is 0 Å². The molecule has 1 aromatic rings. The highest BCUT2D eigenvalue weighted by Crippen LogP contribution is 2.50. The average molecular weight is 372 g/mol. The summed E-state index contributed by atoms with van der Waals surface area (Å²) in [4.78, 5) is 12.6. The van der Waals surface area contributed by atoms with Gasteiger partial charge in [0.25, 0.3) is 0 Å². The molecular formula is C22H30FN3O. The van der Waals surface area contributed by atoms with Gasteiger partial charge in [-0.3, -0.25) is 10.2 Å². The van der Waals surface area contributed by atoms with E-state index in [1.807, 2.05) is 0 Å². The van der Waals surface area contributed by atoms with E-state index >= 15 is 0 Å². The molecule has 8 atom stereocenters. The van der Waals surface area contributed by atoms with Gasteiger partial charge in [-0.15, -0.1) is 0 Å². The monoisotopic (exact) mass is 371 g/mol. The Bertz CT molecular complexity index is 721. The normalized spacial score (nSPS) is 43.2. The van der Waals surface area contributed by atoms with Gasteiger partial charge < -0.3 is 5.32 Å². The second kappa shape index (κ2) is 6.56. The molecule has 5 rings (SSSR count). The van der Waals surface area contributed by atoms with Crippen molar-refractivity contribution in [2.24, 2.45) is 17.8 Å². The van der Waals surface area contributed by atoms with Crippen molar-refractivity contribution in [1.82, 2.24) is 16.2 Å². The van der Waals surface area contributed by atoms with Crippen LogP contribution in [0.25, 0.3) is 0 Å². The first-order valence-corrected chi connectivity index (χ1v) is 10.6. The van der Waals surface area contributed by atoms with Crippen LogP contribution < -0.4 is 16.2 Å². The molecule has 2 aliphatic heterocycles. The fourth-order valence-electron chi connectivity index (χ4n) is 6.37. The summed E-state index contributed by atoms with van der Waals surface area (Å²) in [6, 6.07) is 9.81. The van der Waals surface area contributed by atoms with Gasteiger partial charge in [-0.2, -0.15) is 0 Å². The fourth-order valence-corrected chi connectivity index (χ4v) is 6.37. The summed E-state index contributed by atoms with van der Waals surface area (Å²) in [6.07, 6.45) is 2.17. The van der Waals surface area contributed by atoms with E-state index in [1.165, 1.54) is 11.1 Å². The number of hydrogen-bond acceptors (Lipinski definition) is 3. The Hall–Kier alpha value is -1.46. The van der Waals surface area contributed by atoms with Crippen LogP contribution in [0.2, 0.25) is 0 Å². The van der Waals surface area contributed by atoms with Crippen LogP contribution >= 0.6 is 0 Å². The summed E-state index contributed by atoms with van der Waals surface area (Å²) in [7, 11) is 0. The highest BCUT2D eigenvalue weighted by molar-refractivity contribution is 5.79. The van der Waals surface area contributed by atoms with Crippen LogP contribution in [0.3, 0.4) is 0 Å². The van der Waals surface area contributed by atoms with Crippen LogP contribution in [0.1, 0.15) is 62.5 Å². The Labute approximate surface area is 160 Å². The number of carbonyl (C=O) groups excluding carboxylic acids is 1. The summed E-state index contributed by atoms with van der Waals surface area (Å²) in [5.41, 5.74) is 9.00. The highest BCUT2D eigenvalue weighted by Gasteiger charge is 2.57. The van der Waals surface area contributed by atoms with Crippen LogP contribution in [-0.2, 0) is 4.79 Å². The molecule has 2 saturated carbocycles. The molecule has 146 valence electrons. The van der Waals surface area contributed by atoms with Gasteiger partial charge in [0.15, 0.2) is 0 Å². The first-order valence-electron chi connectivity index (χ1n) is 10.6. The molecule has 2 aliphatic carbocycles. The summed E-state index contributed by atoms with van der Waals surface area (Å²) in [6.45, 7) is 4.44. The maximum Gasteiger partial charge on any atom is 0.237 e. The molecule has 1 aromatic carbocycles. The Morgan fingerprint density at radius 2 is 1.67 bits per heavy atom. The van der Waals surface area contributed by atoms with E-state index in [2.05, 4.69) is 54.3 Å². The molecule has 2 heterocycles. The van der Waals surface area contributed by atoms with Crippen LogP contribution in [0.5, 0.6) is 0 Å². The number of nitrogens with one attached hydrogen (secondary N) is 3. The number of halogens is 1. The molecule has 3 N–H and O–H groups in total. The van der Waals surface area contributed by atoms with Crippen molar-refractivity contribution in [2.45, 2.75) is 75.7 Å². The molecule has 4 aliphatic rings. The largest absolute Gasteiger partial charge is 0.310 e. The lowest BCUT2D eigenvalue weighted by Gasteiger charge is -2.41. The van der Waals surface area contributed by atoms with Crippen LogP contribution in [0.4, 0.5) is 4.39 Å². The minimum Gasteiger partial charge on any atom is -0.310 e. The average Bonchev–Trinajstić information content (AvgIpc) is 2.95. The predicted molar refractivity (Wildman–Crippen MR) is 103 cm³/mol. The Morgan fingerprint density at radius 3 is 2.41 bits per heavy atom. The second-order valence-corrected chi connectivity index (χ2v) is 9.44.